The summed E-state index contributed by atoms with van der Waals surface area (Å²) >= 11 is 18.4. The zero-order valence-electron chi connectivity index (χ0n) is 19.6. The van der Waals surface area contributed by atoms with E-state index in [2.05, 4.69) is 19.3 Å². The highest BCUT2D eigenvalue weighted by atomic mass is 35.5. The normalized spacial score (nSPS) is 13.0. The fourth-order valence-corrected chi connectivity index (χ4v) is 4.17. The first kappa shape index (κ1) is 28.9. The first-order chi connectivity index (χ1) is 16.7. The number of halogens is 6. The monoisotopic (exact) mass is 604 g/mol. The molecule has 0 aliphatic carbocycles. The summed E-state index contributed by atoms with van der Waals surface area (Å²) in [6.45, 7) is 0.979. The van der Waals surface area contributed by atoms with Gasteiger partial charge >= 0.3 is 7.60 Å². The van der Waals surface area contributed by atoms with Crippen LogP contribution in [-0.4, -0.2) is 45.2 Å². The van der Waals surface area contributed by atoms with Crippen molar-refractivity contribution in [3.05, 3.63) is 51.2 Å². The molecule has 0 fully saturated rings. The Hall–Kier alpha value is -2.66. The smallest absolute Gasteiger partial charge is 0.726 e. The average molecular weight is 606 g/mol. The minimum atomic E-state index is -4.91. The summed E-state index contributed by atoms with van der Waals surface area (Å²) < 4.78 is 87.0. The van der Waals surface area contributed by atoms with Gasteiger partial charge in [-0.05, 0) is 19.1 Å². The van der Waals surface area contributed by atoms with Crippen LogP contribution in [0.15, 0.2) is 35.1 Å². The van der Waals surface area contributed by atoms with E-state index in [1.807, 2.05) is 0 Å². The predicted octanol–water partition coefficient (Wildman–Crippen LogP) is 5.76. The molecule has 3 aromatic heterocycles. The van der Waals surface area contributed by atoms with Gasteiger partial charge in [-0.2, -0.15) is 18.2 Å². The third kappa shape index (κ3) is 6.62. The van der Waals surface area contributed by atoms with Crippen molar-refractivity contribution < 1.29 is 41.0 Å². The number of alkyl halides is 3. The summed E-state index contributed by atoms with van der Waals surface area (Å²) in [7, 11) is -4.91. The molecule has 0 saturated carbocycles. The number of quaternary nitrogens is 1. The minimum Gasteiger partial charge on any atom is -0.726 e. The molecule has 11 nitrogen and oxygen atoms in total. The molecule has 4 aromatic rings. The van der Waals surface area contributed by atoms with E-state index in [0.717, 1.165) is 16.7 Å². The van der Waals surface area contributed by atoms with Gasteiger partial charge in [0.2, 0.25) is 16.2 Å². The van der Waals surface area contributed by atoms with Crippen molar-refractivity contribution in [2.75, 3.05) is 6.61 Å². The molecule has 0 saturated heterocycles. The van der Waals surface area contributed by atoms with Crippen LogP contribution in [0.5, 0.6) is 5.75 Å². The number of aromatic nitrogens is 4. The molecule has 0 radical (unpaired) electrons. The Kier molecular flexibility index (Phi) is 8.28. The molecule has 0 aliphatic rings. The molecule has 37 heavy (non-hydrogen) atoms. The SMILES string of the molecule is C[C@H](COc1cc(Cl)c(-c2noc(-c3cn4cc(C(F)(F)F)cc(Cl)c4n3)n2)cc1Cl)OS(=O)(=O)[O-].[H+].[NH4+]. The third-order valence-corrected chi connectivity index (χ3v) is 5.95. The third-order valence-electron chi connectivity index (χ3n) is 4.50. The summed E-state index contributed by atoms with van der Waals surface area (Å²) in [6.07, 6.45) is -3.63. The lowest BCUT2D eigenvalue weighted by Crippen LogP contribution is -2.21. The van der Waals surface area contributed by atoms with E-state index >= 15 is 0 Å². The van der Waals surface area contributed by atoms with Crippen LogP contribution in [0.1, 0.15) is 13.9 Å². The number of imidazole rings is 1. The standard InChI is InChI=1S/C19H12Cl3F3N4O6S.H3N/c1-8(35-36(30,31)32)7-33-15-4-11(20)10(3-12(15)21)16-27-18(34-28-16)14-6-29-5-9(19(23,24)25)2-13(22)17(29)26-14;/h2-6,8H,7H2,1H3,(H,30,31,32);1H3/p+1/t8-;/m1./s1. The number of pyridine rings is 1. The highest BCUT2D eigenvalue weighted by molar-refractivity contribution is 7.80. The van der Waals surface area contributed by atoms with Gasteiger partial charge in [-0.15, -0.1) is 0 Å². The van der Waals surface area contributed by atoms with Crippen LogP contribution in [-0.2, 0) is 20.8 Å². The van der Waals surface area contributed by atoms with Crippen LogP contribution in [0.4, 0.5) is 13.2 Å². The molecule has 1 atom stereocenters. The zero-order valence-corrected chi connectivity index (χ0v) is 21.7. The molecule has 4 rings (SSSR count). The van der Waals surface area contributed by atoms with Crippen LogP contribution in [0.3, 0.4) is 0 Å². The molecule has 0 amide bonds. The lowest BCUT2D eigenvalue weighted by Gasteiger charge is -2.16. The van der Waals surface area contributed by atoms with E-state index in [9.17, 15) is 26.1 Å². The molecule has 0 unspecified atom stereocenters. The van der Waals surface area contributed by atoms with E-state index in [1.165, 1.54) is 25.3 Å². The van der Waals surface area contributed by atoms with Gasteiger partial charge < -0.3 is 24.4 Å². The van der Waals surface area contributed by atoms with Crippen LogP contribution < -0.4 is 10.9 Å². The van der Waals surface area contributed by atoms with Gasteiger partial charge in [-0.25, -0.2) is 13.4 Å². The zero-order chi connectivity index (χ0) is 26.4. The Morgan fingerprint density at radius 3 is 2.49 bits per heavy atom. The summed E-state index contributed by atoms with van der Waals surface area (Å²) in [4.78, 5) is 8.31. The maximum absolute atomic E-state index is 13.1. The summed E-state index contributed by atoms with van der Waals surface area (Å²) in [5, 5.41) is 3.68. The number of hydrogen-bond acceptors (Lipinski definition) is 9. The van der Waals surface area contributed by atoms with Crippen LogP contribution in [0.25, 0.3) is 28.6 Å². The van der Waals surface area contributed by atoms with Crippen molar-refractivity contribution in [2.45, 2.75) is 19.2 Å². The van der Waals surface area contributed by atoms with Crippen molar-refractivity contribution in [2.24, 2.45) is 0 Å². The average Bonchev–Trinajstić information content (AvgIpc) is 3.39. The number of hydrogen-bond donors (Lipinski definition) is 1. The van der Waals surface area contributed by atoms with Gasteiger partial charge in [-0.1, -0.05) is 40.0 Å². The lowest BCUT2D eigenvalue weighted by atomic mass is 10.2. The van der Waals surface area contributed by atoms with Gasteiger partial charge in [0.05, 0.1) is 20.6 Å². The van der Waals surface area contributed by atoms with Crippen LogP contribution in [0.2, 0.25) is 15.1 Å². The molecular weight excluding hydrogens is 590 g/mol. The van der Waals surface area contributed by atoms with E-state index < -0.39 is 28.2 Å². The first-order valence-corrected chi connectivity index (χ1v) is 12.0. The van der Waals surface area contributed by atoms with Gasteiger partial charge in [0.15, 0.2) is 5.65 Å². The number of ether oxygens (including phenoxy) is 1. The highest BCUT2D eigenvalue weighted by Crippen LogP contribution is 2.37. The number of nitrogens with zero attached hydrogens (tertiary/aromatic N) is 4. The molecule has 18 heteroatoms. The second kappa shape index (κ2) is 10.6. The van der Waals surface area contributed by atoms with Crippen LogP contribution >= 0.6 is 34.8 Å². The van der Waals surface area contributed by atoms with Crippen molar-refractivity contribution in [3.8, 4) is 28.7 Å². The Bertz CT molecular complexity index is 1570. The van der Waals surface area contributed by atoms with Gasteiger partial charge in [0.25, 0.3) is 5.89 Å². The second-order valence-electron chi connectivity index (χ2n) is 7.24. The predicted molar refractivity (Wildman–Crippen MR) is 127 cm³/mol. The van der Waals surface area contributed by atoms with E-state index in [-0.39, 0.29) is 63.6 Å². The second-order valence-corrected chi connectivity index (χ2v) is 9.47. The van der Waals surface area contributed by atoms with Crippen molar-refractivity contribution in [3.63, 3.8) is 0 Å². The number of fused-ring (bicyclic) bond motifs is 1. The van der Waals surface area contributed by atoms with E-state index in [1.54, 1.807) is 0 Å². The first-order valence-electron chi connectivity index (χ1n) is 9.57. The Morgan fingerprint density at radius 1 is 1.14 bits per heavy atom. The Morgan fingerprint density at radius 2 is 1.84 bits per heavy atom. The Labute approximate surface area is 223 Å². The lowest BCUT2D eigenvalue weighted by molar-refractivity contribution is -0.137. The molecule has 200 valence electrons. The minimum absolute atomic E-state index is 0. The number of rotatable bonds is 7. The maximum Gasteiger partial charge on any atom is 1.00 e. The maximum atomic E-state index is 13.1. The van der Waals surface area contributed by atoms with Crippen molar-refractivity contribution in [1.82, 2.24) is 25.7 Å². The summed E-state index contributed by atoms with van der Waals surface area (Å²) in [6, 6.07) is 3.40. The fourth-order valence-electron chi connectivity index (χ4n) is 3.00. The van der Waals surface area contributed by atoms with Gasteiger partial charge in [0, 0.05) is 24.0 Å². The highest BCUT2D eigenvalue weighted by Gasteiger charge is 2.32. The Balaban J connectivity index is 0.00000253. The molecule has 0 bridgehead atoms. The van der Waals surface area contributed by atoms with Gasteiger partial charge in [0.1, 0.15) is 24.2 Å². The largest absolute Gasteiger partial charge is 1.00 e. The molecule has 1 aromatic carbocycles. The van der Waals surface area contributed by atoms with Gasteiger partial charge in [-0.3, -0.25) is 4.18 Å². The quantitative estimate of drug-likeness (QED) is 0.203. The van der Waals surface area contributed by atoms with E-state index in [4.69, 9.17) is 44.1 Å². The van der Waals surface area contributed by atoms with Crippen LogP contribution in [0, 0.1) is 0 Å². The molecule has 0 spiro atoms. The molecular formula is C19H16Cl3F3N5O6S+. The van der Waals surface area contributed by atoms with E-state index in [0.29, 0.717) is 0 Å². The molecule has 0 aliphatic heterocycles. The molecule has 3 heterocycles. The van der Waals surface area contributed by atoms with Crippen molar-refractivity contribution in [1.29, 1.82) is 0 Å². The fraction of sp³-hybridized carbons (Fsp3) is 0.211. The van der Waals surface area contributed by atoms with Crippen molar-refractivity contribution >= 4 is 50.8 Å². The summed E-state index contributed by atoms with van der Waals surface area (Å²) in [5.41, 5.74) is -0.643. The molecule has 4 N–H and O–H groups in total. The topological polar surface area (TPSA) is 168 Å². The summed E-state index contributed by atoms with van der Waals surface area (Å²) in [5.74, 6) is -0.0873. The number of benzene rings is 1.